The quantitative estimate of drug-likeness (QED) is 0.607. The van der Waals surface area contributed by atoms with E-state index in [1.54, 1.807) is 32.1 Å². The van der Waals surface area contributed by atoms with Crippen molar-refractivity contribution in [1.29, 1.82) is 0 Å². The summed E-state index contributed by atoms with van der Waals surface area (Å²) in [7, 11) is 5.05. The SMILES string of the molecule is BC(B)(C1CCC23CC2CCC3C1)C(C)(C)C. The van der Waals surface area contributed by atoms with E-state index in [0.717, 1.165) is 23.2 Å². The molecular weight excluding hydrogens is 202 g/mol. The Morgan fingerprint density at radius 1 is 1.00 bits per heavy atom. The van der Waals surface area contributed by atoms with Gasteiger partial charge in [-0.2, -0.15) is 0 Å². The molecule has 4 atom stereocenters. The van der Waals surface area contributed by atoms with E-state index in [-0.39, 0.29) is 0 Å². The summed E-state index contributed by atoms with van der Waals surface area (Å²) >= 11 is 0. The van der Waals surface area contributed by atoms with Gasteiger partial charge in [-0.25, -0.2) is 0 Å². The molecule has 0 bridgehead atoms. The van der Waals surface area contributed by atoms with E-state index >= 15 is 0 Å². The third kappa shape index (κ3) is 1.58. The molecule has 0 saturated heterocycles. The largest absolute Gasteiger partial charge is 0.100 e. The molecule has 3 aliphatic rings. The number of rotatable bonds is 1. The first-order valence-corrected chi connectivity index (χ1v) is 7.77. The van der Waals surface area contributed by atoms with E-state index in [1.807, 2.05) is 0 Å². The lowest BCUT2D eigenvalue weighted by atomic mass is 9.36. The highest BCUT2D eigenvalue weighted by Crippen LogP contribution is 2.73. The van der Waals surface area contributed by atoms with Gasteiger partial charge in [0, 0.05) is 0 Å². The van der Waals surface area contributed by atoms with Crippen molar-refractivity contribution in [2.75, 3.05) is 0 Å². The molecule has 3 saturated carbocycles. The van der Waals surface area contributed by atoms with Gasteiger partial charge in [0.05, 0.1) is 0 Å². The lowest BCUT2D eigenvalue weighted by Gasteiger charge is -2.50. The average molecular weight is 230 g/mol. The third-order valence-corrected chi connectivity index (χ3v) is 7.44. The van der Waals surface area contributed by atoms with E-state index < -0.39 is 0 Å². The lowest BCUT2D eigenvalue weighted by molar-refractivity contribution is 0.121. The Morgan fingerprint density at radius 3 is 2.24 bits per heavy atom. The monoisotopic (exact) mass is 230 g/mol. The summed E-state index contributed by atoms with van der Waals surface area (Å²) in [5, 5.41) is 0.502. The molecule has 1 spiro atoms. The smallest absolute Gasteiger partial charge is 0.0771 e. The minimum atomic E-state index is 0.448. The lowest BCUT2D eigenvalue weighted by Crippen LogP contribution is -2.41. The Labute approximate surface area is 109 Å². The zero-order chi connectivity index (χ0) is 12.5. The van der Waals surface area contributed by atoms with Crippen LogP contribution < -0.4 is 0 Å². The van der Waals surface area contributed by atoms with Crippen molar-refractivity contribution in [1.82, 2.24) is 0 Å². The van der Waals surface area contributed by atoms with Crippen LogP contribution in [-0.2, 0) is 0 Å². The maximum atomic E-state index is 2.52. The van der Waals surface area contributed by atoms with Crippen LogP contribution in [0.3, 0.4) is 0 Å². The maximum absolute atomic E-state index is 2.52. The maximum Gasteiger partial charge on any atom is 0.100 e. The van der Waals surface area contributed by atoms with Crippen molar-refractivity contribution in [3.63, 3.8) is 0 Å². The van der Waals surface area contributed by atoms with Gasteiger partial charge in [-0.3, -0.25) is 0 Å². The summed E-state index contributed by atoms with van der Waals surface area (Å²) in [5.74, 6) is 3.23. The summed E-state index contributed by atoms with van der Waals surface area (Å²) in [6.45, 7) is 7.31. The highest BCUT2D eigenvalue weighted by Gasteiger charge is 2.64. The Hall–Kier alpha value is 0.130. The van der Waals surface area contributed by atoms with Crippen molar-refractivity contribution in [3.8, 4) is 0 Å². The summed E-state index contributed by atoms with van der Waals surface area (Å²) in [4.78, 5) is 0. The predicted octanol–water partition coefficient (Wildman–Crippen LogP) is 2.63. The Bertz CT molecular complexity index is 328. The van der Waals surface area contributed by atoms with E-state index in [0.29, 0.717) is 10.6 Å². The van der Waals surface area contributed by atoms with Crippen LogP contribution in [0, 0.1) is 28.6 Å². The first kappa shape index (κ1) is 12.2. The highest BCUT2D eigenvalue weighted by molar-refractivity contribution is 6.40. The number of hydrogen-bond donors (Lipinski definition) is 0. The molecule has 4 unspecified atom stereocenters. The summed E-state index contributed by atoms with van der Waals surface area (Å²) in [6.07, 6.45) is 9.33. The minimum absolute atomic E-state index is 0.448. The third-order valence-electron chi connectivity index (χ3n) is 7.44. The molecule has 2 heteroatoms. The summed E-state index contributed by atoms with van der Waals surface area (Å²) in [6, 6.07) is 0. The molecule has 0 aromatic carbocycles. The Morgan fingerprint density at radius 2 is 1.65 bits per heavy atom. The van der Waals surface area contributed by atoms with E-state index in [1.165, 1.54) is 6.42 Å². The van der Waals surface area contributed by atoms with Crippen LogP contribution in [0.5, 0.6) is 0 Å². The second-order valence-corrected chi connectivity index (χ2v) is 8.85. The predicted molar refractivity (Wildman–Crippen MR) is 79.8 cm³/mol. The average Bonchev–Trinajstić information content (AvgIpc) is 2.80. The molecule has 0 aromatic rings. The van der Waals surface area contributed by atoms with Crippen LogP contribution in [-0.4, -0.2) is 15.7 Å². The Kier molecular flexibility index (Phi) is 2.41. The standard InChI is InChI=1S/C15H28B2/c1-13(2,3)15(16,17)11-6-7-14-9-12(14)5-4-10(14)8-11/h10-12H,4-9,16-17H2,1-3H3. The van der Waals surface area contributed by atoms with Crippen LogP contribution in [0.25, 0.3) is 0 Å². The first-order chi connectivity index (χ1) is 7.77. The molecule has 0 heterocycles. The zero-order valence-electron chi connectivity index (χ0n) is 12.5. The van der Waals surface area contributed by atoms with Crippen molar-refractivity contribution in [3.05, 3.63) is 0 Å². The van der Waals surface area contributed by atoms with Gasteiger partial charge in [-0.15, -0.1) is 0 Å². The normalized spacial score (nSPS) is 45.2. The van der Waals surface area contributed by atoms with Crippen LogP contribution in [0.2, 0.25) is 5.21 Å². The fourth-order valence-electron chi connectivity index (χ4n) is 5.01. The molecule has 3 rings (SSSR count). The van der Waals surface area contributed by atoms with E-state index in [4.69, 9.17) is 0 Å². The van der Waals surface area contributed by atoms with Gasteiger partial charge in [-0.05, 0) is 60.7 Å². The minimum Gasteiger partial charge on any atom is -0.0771 e. The van der Waals surface area contributed by atoms with Gasteiger partial charge in [0.1, 0.15) is 15.7 Å². The highest BCUT2D eigenvalue weighted by atomic mass is 14.7. The molecule has 0 N–H and O–H groups in total. The van der Waals surface area contributed by atoms with E-state index in [9.17, 15) is 0 Å². The van der Waals surface area contributed by atoms with Crippen molar-refractivity contribution >= 4 is 15.7 Å². The molecule has 0 aromatic heterocycles. The second-order valence-electron chi connectivity index (χ2n) is 8.85. The Balaban J connectivity index is 1.75. The fourth-order valence-corrected chi connectivity index (χ4v) is 5.01. The van der Waals surface area contributed by atoms with Gasteiger partial charge in [0.15, 0.2) is 0 Å². The molecule has 0 aliphatic heterocycles. The van der Waals surface area contributed by atoms with Crippen LogP contribution in [0.15, 0.2) is 0 Å². The van der Waals surface area contributed by atoms with E-state index in [2.05, 4.69) is 36.5 Å². The first-order valence-electron chi connectivity index (χ1n) is 7.77. The van der Waals surface area contributed by atoms with Crippen LogP contribution >= 0.6 is 0 Å². The molecule has 94 valence electrons. The summed E-state index contributed by atoms with van der Waals surface area (Å²) in [5.41, 5.74) is 1.33. The molecular formula is C15H28B2. The zero-order valence-corrected chi connectivity index (χ0v) is 12.5. The molecule has 0 nitrogen and oxygen atoms in total. The molecule has 3 fully saturated rings. The van der Waals surface area contributed by atoms with Gasteiger partial charge in [0.25, 0.3) is 0 Å². The fraction of sp³-hybridized carbons (Fsp3) is 1.00. The molecule has 0 amide bonds. The van der Waals surface area contributed by atoms with Crippen molar-refractivity contribution in [2.24, 2.45) is 28.6 Å². The van der Waals surface area contributed by atoms with Crippen molar-refractivity contribution in [2.45, 2.75) is 64.5 Å². The summed E-state index contributed by atoms with van der Waals surface area (Å²) < 4.78 is 0. The molecule has 17 heavy (non-hydrogen) atoms. The number of hydrogen-bond acceptors (Lipinski definition) is 0. The van der Waals surface area contributed by atoms with Crippen LogP contribution in [0.1, 0.15) is 59.3 Å². The molecule has 0 radical (unpaired) electrons. The molecule has 3 aliphatic carbocycles. The topological polar surface area (TPSA) is 0 Å². The van der Waals surface area contributed by atoms with Gasteiger partial charge >= 0.3 is 0 Å². The van der Waals surface area contributed by atoms with Gasteiger partial charge in [-0.1, -0.05) is 32.4 Å². The van der Waals surface area contributed by atoms with Crippen molar-refractivity contribution < 1.29 is 0 Å². The van der Waals surface area contributed by atoms with Gasteiger partial charge < -0.3 is 0 Å². The van der Waals surface area contributed by atoms with Gasteiger partial charge in [0.2, 0.25) is 0 Å². The second kappa shape index (κ2) is 3.36. The van der Waals surface area contributed by atoms with Crippen LogP contribution in [0.4, 0.5) is 0 Å².